The minimum Gasteiger partial charge on any atom is -0.484 e. The van der Waals surface area contributed by atoms with Gasteiger partial charge in [0.05, 0.1) is 11.8 Å². The summed E-state index contributed by atoms with van der Waals surface area (Å²) in [5.74, 6) is -0.756. The van der Waals surface area contributed by atoms with Gasteiger partial charge >= 0.3 is 5.97 Å². The van der Waals surface area contributed by atoms with Gasteiger partial charge in [-0.25, -0.2) is 14.6 Å². The molecule has 1 N–H and O–H groups in total. The summed E-state index contributed by atoms with van der Waals surface area (Å²) >= 11 is 3.36. The highest BCUT2D eigenvalue weighted by Crippen LogP contribution is 2.23. The van der Waals surface area contributed by atoms with Crippen molar-refractivity contribution in [1.29, 1.82) is 0 Å². The number of carbonyl (C=O) groups is 2. The molecule has 6 nitrogen and oxygen atoms in total. The summed E-state index contributed by atoms with van der Waals surface area (Å²) in [6, 6.07) is 17.4. The van der Waals surface area contributed by atoms with Crippen LogP contribution in [0.15, 0.2) is 76.3 Å². The van der Waals surface area contributed by atoms with E-state index in [1.165, 1.54) is 30.5 Å². The number of carbonyl (C=O) groups excluding carboxylic acids is 2. The molecule has 158 valence electrons. The molecule has 0 saturated carbocycles. The van der Waals surface area contributed by atoms with Crippen molar-refractivity contribution in [2.45, 2.75) is 6.92 Å². The lowest BCUT2D eigenvalue weighted by molar-refractivity contribution is -0.123. The summed E-state index contributed by atoms with van der Waals surface area (Å²) in [7, 11) is 0. The van der Waals surface area contributed by atoms with Crippen molar-refractivity contribution < 1.29 is 23.5 Å². The van der Waals surface area contributed by atoms with Gasteiger partial charge in [-0.15, -0.1) is 0 Å². The Balaban J connectivity index is 1.61. The topological polar surface area (TPSA) is 77.0 Å². The Bertz CT molecular complexity index is 1120. The number of rotatable bonds is 7. The number of esters is 1. The zero-order valence-electron chi connectivity index (χ0n) is 16.5. The Morgan fingerprint density at radius 3 is 2.61 bits per heavy atom. The second kappa shape index (κ2) is 10.5. The van der Waals surface area contributed by atoms with Gasteiger partial charge in [-0.05, 0) is 61.5 Å². The second-order valence-corrected chi connectivity index (χ2v) is 7.39. The first-order valence-corrected chi connectivity index (χ1v) is 9.99. The van der Waals surface area contributed by atoms with Crippen LogP contribution in [-0.4, -0.2) is 24.7 Å². The van der Waals surface area contributed by atoms with Gasteiger partial charge in [-0.1, -0.05) is 33.6 Å². The van der Waals surface area contributed by atoms with E-state index < -0.39 is 17.7 Å². The minimum atomic E-state index is -0.506. The lowest BCUT2D eigenvalue weighted by atomic mass is 10.1. The molecule has 1 amide bonds. The Morgan fingerprint density at radius 2 is 1.87 bits per heavy atom. The molecule has 0 unspecified atom stereocenters. The lowest BCUT2D eigenvalue weighted by Crippen LogP contribution is -2.24. The smallest absolute Gasteiger partial charge is 0.343 e. The molecule has 3 rings (SSSR count). The number of aryl methyl sites for hydroxylation is 1. The quantitative estimate of drug-likeness (QED) is 0.229. The van der Waals surface area contributed by atoms with Gasteiger partial charge in [0.1, 0.15) is 17.3 Å². The van der Waals surface area contributed by atoms with E-state index in [-0.39, 0.29) is 12.4 Å². The summed E-state index contributed by atoms with van der Waals surface area (Å²) in [4.78, 5) is 24.3. The maximum Gasteiger partial charge on any atom is 0.343 e. The van der Waals surface area contributed by atoms with E-state index in [9.17, 15) is 14.0 Å². The van der Waals surface area contributed by atoms with E-state index in [1.807, 2.05) is 13.0 Å². The zero-order valence-corrected chi connectivity index (χ0v) is 18.1. The fourth-order valence-electron chi connectivity index (χ4n) is 2.53. The van der Waals surface area contributed by atoms with E-state index in [0.717, 1.165) is 10.0 Å². The molecule has 0 radical (unpaired) electrons. The van der Waals surface area contributed by atoms with Gasteiger partial charge in [-0.3, -0.25) is 4.79 Å². The third kappa shape index (κ3) is 6.75. The summed E-state index contributed by atoms with van der Waals surface area (Å²) in [5.41, 5.74) is 4.18. The molecule has 0 aliphatic carbocycles. The predicted molar refractivity (Wildman–Crippen MR) is 118 cm³/mol. The van der Waals surface area contributed by atoms with Crippen molar-refractivity contribution in [2.75, 3.05) is 6.61 Å². The van der Waals surface area contributed by atoms with Crippen LogP contribution in [0.4, 0.5) is 4.39 Å². The molecular weight excluding hydrogens is 467 g/mol. The number of nitrogens with one attached hydrogen (secondary N) is 1. The molecule has 8 heteroatoms. The third-order valence-corrected chi connectivity index (χ3v) is 4.50. The number of halogens is 2. The van der Waals surface area contributed by atoms with Crippen LogP contribution in [0.1, 0.15) is 21.5 Å². The molecule has 3 aromatic carbocycles. The predicted octanol–water partition coefficient (Wildman–Crippen LogP) is 4.64. The van der Waals surface area contributed by atoms with Crippen molar-refractivity contribution in [3.63, 3.8) is 0 Å². The standard InChI is InChI=1S/C23H18BrFN2O4/c1-15-3-2-4-16(11-15)23(29)31-21-10-5-18(24)12-17(21)13-26-27-22(28)14-30-20-8-6-19(25)7-9-20/h2-13H,14H2,1H3,(H,27,28)/b26-13-. The van der Waals surface area contributed by atoms with Crippen molar-refractivity contribution in [1.82, 2.24) is 5.43 Å². The molecule has 0 spiro atoms. The van der Waals surface area contributed by atoms with E-state index in [0.29, 0.717) is 16.9 Å². The van der Waals surface area contributed by atoms with Crippen LogP contribution in [0.5, 0.6) is 11.5 Å². The molecule has 31 heavy (non-hydrogen) atoms. The first-order valence-electron chi connectivity index (χ1n) is 9.19. The van der Waals surface area contributed by atoms with Crippen molar-refractivity contribution >= 4 is 34.0 Å². The molecule has 0 bridgehead atoms. The van der Waals surface area contributed by atoms with Crippen LogP contribution in [0, 0.1) is 12.7 Å². The van der Waals surface area contributed by atoms with E-state index in [4.69, 9.17) is 9.47 Å². The summed E-state index contributed by atoms with van der Waals surface area (Å²) in [5, 5.41) is 3.89. The highest BCUT2D eigenvalue weighted by Gasteiger charge is 2.12. The lowest BCUT2D eigenvalue weighted by Gasteiger charge is -2.08. The van der Waals surface area contributed by atoms with Gasteiger partial charge in [0.25, 0.3) is 5.91 Å². The molecule has 0 aliphatic heterocycles. The van der Waals surface area contributed by atoms with Crippen LogP contribution < -0.4 is 14.9 Å². The van der Waals surface area contributed by atoms with Gasteiger partial charge in [-0.2, -0.15) is 5.10 Å². The maximum absolute atomic E-state index is 12.9. The molecular formula is C23H18BrFN2O4. The Hall–Kier alpha value is -3.52. The number of hydrogen-bond donors (Lipinski definition) is 1. The molecule has 0 aliphatic rings. The maximum atomic E-state index is 12.9. The normalized spacial score (nSPS) is 10.7. The van der Waals surface area contributed by atoms with Gasteiger partial charge in [0, 0.05) is 10.0 Å². The Labute approximate surface area is 186 Å². The first-order chi connectivity index (χ1) is 14.9. The summed E-state index contributed by atoms with van der Waals surface area (Å²) in [6.07, 6.45) is 1.36. The molecule has 0 heterocycles. The van der Waals surface area contributed by atoms with E-state index in [2.05, 4.69) is 26.5 Å². The minimum absolute atomic E-state index is 0.287. The van der Waals surface area contributed by atoms with Crippen LogP contribution in [0.3, 0.4) is 0 Å². The Morgan fingerprint density at radius 1 is 1.10 bits per heavy atom. The van der Waals surface area contributed by atoms with Crippen LogP contribution in [-0.2, 0) is 4.79 Å². The number of hydrazone groups is 1. The zero-order chi connectivity index (χ0) is 22.2. The van der Waals surface area contributed by atoms with Crippen LogP contribution >= 0.6 is 15.9 Å². The number of amides is 1. The molecule has 0 saturated heterocycles. The van der Waals surface area contributed by atoms with Crippen molar-refractivity contribution in [2.24, 2.45) is 5.10 Å². The van der Waals surface area contributed by atoms with Gasteiger partial charge in [0.2, 0.25) is 0 Å². The van der Waals surface area contributed by atoms with Crippen molar-refractivity contribution in [3.8, 4) is 11.5 Å². The van der Waals surface area contributed by atoms with Crippen LogP contribution in [0.2, 0.25) is 0 Å². The summed E-state index contributed by atoms with van der Waals surface area (Å²) < 4.78 is 24.4. The monoisotopic (exact) mass is 484 g/mol. The highest BCUT2D eigenvalue weighted by molar-refractivity contribution is 9.10. The number of benzene rings is 3. The Kier molecular flexibility index (Phi) is 7.50. The second-order valence-electron chi connectivity index (χ2n) is 6.48. The average molecular weight is 485 g/mol. The molecule has 3 aromatic rings. The summed E-state index contributed by atoms with van der Waals surface area (Å²) in [6.45, 7) is 1.59. The highest BCUT2D eigenvalue weighted by atomic mass is 79.9. The first kappa shape index (κ1) is 22.2. The van der Waals surface area contributed by atoms with E-state index in [1.54, 1.807) is 36.4 Å². The van der Waals surface area contributed by atoms with Gasteiger partial charge < -0.3 is 9.47 Å². The molecule has 0 fully saturated rings. The van der Waals surface area contributed by atoms with Gasteiger partial charge in [0.15, 0.2) is 6.61 Å². The molecule has 0 aromatic heterocycles. The number of hydrogen-bond acceptors (Lipinski definition) is 5. The fourth-order valence-corrected chi connectivity index (χ4v) is 2.91. The van der Waals surface area contributed by atoms with Crippen molar-refractivity contribution in [3.05, 3.63) is 93.7 Å². The number of ether oxygens (including phenoxy) is 2. The van der Waals surface area contributed by atoms with Crippen LogP contribution in [0.25, 0.3) is 0 Å². The molecule has 0 atom stereocenters. The largest absolute Gasteiger partial charge is 0.484 e. The van der Waals surface area contributed by atoms with E-state index >= 15 is 0 Å². The third-order valence-electron chi connectivity index (χ3n) is 4.00. The number of nitrogens with zero attached hydrogens (tertiary/aromatic N) is 1. The SMILES string of the molecule is Cc1cccc(C(=O)Oc2ccc(Br)cc2/C=N\NC(=O)COc2ccc(F)cc2)c1. The average Bonchev–Trinajstić information content (AvgIpc) is 2.75. The fraction of sp³-hybridized carbons (Fsp3) is 0.0870.